The number of aromatic amines is 2. The number of carbonyl (C=O) groups is 1. The monoisotopic (exact) mass is 464 g/mol. The third kappa shape index (κ3) is 3.87. The molecular weight excluding hydrogens is 442 g/mol. The minimum atomic E-state index is -0.0822. The van der Waals surface area contributed by atoms with E-state index in [4.69, 9.17) is 26.3 Å². The summed E-state index contributed by atoms with van der Waals surface area (Å²) in [7, 11) is 0. The molecule has 0 radical (unpaired) electrons. The maximum absolute atomic E-state index is 12.8. The number of hydrogen-bond acceptors (Lipinski definition) is 4. The molecule has 9 nitrogen and oxygen atoms in total. The standard InChI is InChI=1S/C23H22ClN7O2/c24-18-9-16(3-4-17(18)23(32)30-5-7-33-8-6-30)28-21-22-25-12-20(15-10-26-27-11-15)31(22)13-19(29-21)14-1-2-14/h3-4,9-12,14H,1-2,5-8,13H2,(H,26,27,28,32)/p+1. The topological polar surface area (TPSA) is 103 Å². The molecular formula is C23H23ClN7O2+. The second-order valence-corrected chi connectivity index (χ2v) is 8.88. The molecule has 1 saturated heterocycles. The average Bonchev–Trinajstić information content (AvgIpc) is 3.37. The number of rotatable bonds is 4. The van der Waals surface area contributed by atoms with Crippen LogP contribution >= 0.6 is 11.6 Å². The Hall–Kier alpha value is -3.30. The molecule has 1 amide bonds. The van der Waals surface area contributed by atoms with Gasteiger partial charge >= 0.3 is 5.82 Å². The number of aromatic nitrogens is 4. The summed E-state index contributed by atoms with van der Waals surface area (Å²) >= 11 is 6.51. The van der Waals surface area contributed by atoms with Gasteiger partial charge in [-0.15, -0.1) is 0 Å². The molecule has 3 aliphatic rings. The van der Waals surface area contributed by atoms with Crippen LogP contribution in [0.1, 0.15) is 29.0 Å². The van der Waals surface area contributed by atoms with Crippen LogP contribution in [0.15, 0.2) is 46.8 Å². The lowest BCUT2D eigenvalue weighted by molar-refractivity contribution is -0.672. The van der Waals surface area contributed by atoms with Crippen LogP contribution in [-0.4, -0.2) is 63.8 Å². The minimum Gasteiger partial charge on any atom is -0.378 e. The van der Waals surface area contributed by atoms with Crippen LogP contribution < -0.4 is 4.57 Å². The minimum absolute atomic E-state index is 0.0822. The third-order valence-corrected chi connectivity index (χ3v) is 6.56. The van der Waals surface area contributed by atoms with Gasteiger partial charge in [-0.05, 0) is 31.0 Å². The largest absolute Gasteiger partial charge is 0.378 e. The van der Waals surface area contributed by atoms with Gasteiger partial charge in [-0.25, -0.2) is 19.5 Å². The molecule has 0 unspecified atom stereocenters. The molecule has 1 saturated carbocycles. The third-order valence-electron chi connectivity index (χ3n) is 6.25. The highest BCUT2D eigenvalue weighted by Crippen LogP contribution is 2.33. The van der Waals surface area contributed by atoms with Crippen molar-refractivity contribution >= 4 is 34.7 Å². The number of aliphatic imine (C=N–C) groups is 2. The maximum atomic E-state index is 12.8. The zero-order chi connectivity index (χ0) is 22.4. The molecule has 2 aromatic heterocycles. The number of carbonyl (C=O) groups excluding carboxylic acids is 1. The molecule has 4 heterocycles. The number of ether oxygens (including phenoxy) is 1. The highest BCUT2D eigenvalue weighted by Gasteiger charge is 2.36. The number of benzene rings is 1. The average molecular weight is 465 g/mol. The fraction of sp³-hybridized carbons (Fsp3) is 0.348. The predicted octanol–water partition coefficient (Wildman–Crippen LogP) is 2.76. The molecule has 10 heteroatoms. The van der Waals surface area contributed by atoms with E-state index in [2.05, 4.69) is 19.7 Å². The van der Waals surface area contributed by atoms with Gasteiger partial charge in [0, 0.05) is 25.2 Å². The zero-order valence-electron chi connectivity index (χ0n) is 17.9. The Kier molecular flexibility index (Phi) is 5.07. The molecule has 2 fully saturated rings. The molecule has 6 rings (SSSR count). The van der Waals surface area contributed by atoms with Crippen molar-refractivity contribution in [1.29, 1.82) is 0 Å². The maximum Gasteiger partial charge on any atom is 0.325 e. The lowest BCUT2D eigenvalue weighted by atomic mass is 10.1. The van der Waals surface area contributed by atoms with E-state index in [1.807, 2.05) is 18.5 Å². The van der Waals surface area contributed by atoms with Crippen molar-refractivity contribution in [3.05, 3.63) is 53.2 Å². The second-order valence-electron chi connectivity index (χ2n) is 8.48. The molecule has 2 aliphatic heterocycles. The summed E-state index contributed by atoms with van der Waals surface area (Å²) in [5, 5.41) is 7.34. The first-order valence-electron chi connectivity index (χ1n) is 11.1. The number of H-pyrrole nitrogens is 2. The number of morpholine rings is 1. The first kappa shape index (κ1) is 20.3. The smallest absolute Gasteiger partial charge is 0.325 e. The van der Waals surface area contributed by atoms with Crippen molar-refractivity contribution in [3.8, 4) is 11.3 Å². The molecule has 1 aromatic carbocycles. The van der Waals surface area contributed by atoms with E-state index in [0.29, 0.717) is 54.3 Å². The van der Waals surface area contributed by atoms with E-state index in [9.17, 15) is 4.79 Å². The zero-order valence-corrected chi connectivity index (χ0v) is 18.7. The van der Waals surface area contributed by atoms with E-state index in [-0.39, 0.29) is 5.91 Å². The van der Waals surface area contributed by atoms with Gasteiger partial charge in [-0.1, -0.05) is 11.6 Å². The van der Waals surface area contributed by atoms with E-state index in [0.717, 1.165) is 42.2 Å². The Balaban J connectivity index is 1.34. The van der Waals surface area contributed by atoms with Gasteiger partial charge in [0.05, 0.1) is 47.0 Å². The number of fused-ring (bicyclic) bond motifs is 1. The highest BCUT2D eigenvalue weighted by molar-refractivity contribution is 6.34. The van der Waals surface area contributed by atoms with Crippen molar-refractivity contribution < 1.29 is 14.1 Å². The van der Waals surface area contributed by atoms with Crippen LogP contribution in [0.5, 0.6) is 0 Å². The lowest BCUT2D eigenvalue weighted by Crippen LogP contribution is -2.47. The molecule has 33 heavy (non-hydrogen) atoms. The van der Waals surface area contributed by atoms with Crippen molar-refractivity contribution in [1.82, 2.24) is 20.1 Å². The quantitative estimate of drug-likeness (QED) is 0.580. The van der Waals surface area contributed by atoms with E-state index >= 15 is 0 Å². The Bertz CT molecular complexity index is 1270. The van der Waals surface area contributed by atoms with Crippen LogP contribution in [0.2, 0.25) is 5.02 Å². The number of nitrogens with zero attached hydrogens (tertiary/aromatic N) is 5. The molecule has 2 N–H and O–H groups in total. The van der Waals surface area contributed by atoms with Crippen LogP contribution in [0.3, 0.4) is 0 Å². The SMILES string of the molecule is O=C(c1ccc(N=C2N=C(C3CC3)C[n+]3c(-c4cn[nH]c4)c[nH]c32)cc1Cl)N1CCOCC1. The normalized spacial score (nSPS) is 19.5. The fourth-order valence-electron chi connectivity index (χ4n) is 4.30. The number of amidine groups is 1. The second kappa shape index (κ2) is 8.24. The summed E-state index contributed by atoms with van der Waals surface area (Å²) in [6.07, 6.45) is 7.97. The predicted molar refractivity (Wildman–Crippen MR) is 123 cm³/mol. The van der Waals surface area contributed by atoms with Gasteiger partial charge in [0.1, 0.15) is 12.7 Å². The number of halogens is 1. The number of imidazole rings is 1. The van der Waals surface area contributed by atoms with Gasteiger partial charge in [-0.3, -0.25) is 9.89 Å². The Morgan fingerprint density at radius 1 is 1.24 bits per heavy atom. The molecule has 0 bridgehead atoms. The summed E-state index contributed by atoms with van der Waals surface area (Å²) < 4.78 is 7.53. The summed E-state index contributed by atoms with van der Waals surface area (Å²) in [5.41, 5.74) is 4.30. The molecule has 0 atom stereocenters. The van der Waals surface area contributed by atoms with Crippen molar-refractivity contribution in [2.24, 2.45) is 15.9 Å². The van der Waals surface area contributed by atoms with Crippen molar-refractivity contribution in [3.63, 3.8) is 0 Å². The fourth-order valence-corrected chi connectivity index (χ4v) is 4.56. The van der Waals surface area contributed by atoms with Crippen molar-refractivity contribution in [2.75, 3.05) is 26.3 Å². The first-order chi connectivity index (χ1) is 16.2. The number of nitrogens with one attached hydrogen (secondary N) is 2. The van der Waals surface area contributed by atoms with Gasteiger partial charge in [0.25, 0.3) is 5.91 Å². The summed E-state index contributed by atoms with van der Waals surface area (Å²) in [5.74, 6) is 1.88. The molecule has 0 spiro atoms. The first-order valence-corrected chi connectivity index (χ1v) is 11.5. The van der Waals surface area contributed by atoms with Crippen LogP contribution in [-0.2, 0) is 11.3 Å². The lowest BCUT2D eigenvalue weighted by Gasteiger charge is -2.27. The van der Waals surface area contributed by atoms with Gasteiger partial charge in [0.2, 0.25) is 5.84 Å². The van der Waals surface area contributed by atoms with Crippen LogP contribution in [0.4, 0.5) is 5.69 Å². The van der Waals surface area contributed by atoms with Crippen LogP contribution in [0.25, 0.3) is 11.3 Å². The summed E-state index contributed by atoms with van der Waals surface area (Å²) in [4.78, 5) is 27.6. The van der Waals surface area contributed by atoms with Crippen LogP contribution in [0, 0.1) is 5.92 Å². The Morgan fingerprint density at radius 2 is 2.09 bits per heavy atom. The Morgan fingerprint density at radius 3 is 2.82 bits per heavy atom. The number of hydrogen-bond donors (Lipinski definition) is 2. The van der Waals surface area contributed by atoms with E-state index < -0.39 is 0 Å². The summed E-state index contributed by atoms with van der Waals surface area (Å²) in [6.45, 7) is 2.98. The van der Waals surface area contributed by atoms with E-state index in [1.54, 1.807) is 23.2 Å². The van der Waals surface area contributed by atoms with Gasteiger partial charge in [-0.2, -0.15) is 5.10 Å². The molecule has 168 valence electrons. The van der Waals surface area contributed by atoms with Gasteiger partial charge in [0.15, 0.2) is 5.69 Å². The Labute approximate surface area is 195 Å². The van der Waals surface area contributed by atoms with E-state index in [1.165, 1.54) is 0 Å². The van der Waals surface area contributed by atoms with Crippen molar-refractivity contribution in [2.45, 2.75) is 19.4 Å². The molecule has 1 aliphatic carbocycles. The van der Waals surface area contributed by atoms with Gasteiger partial charge < -0.3 is 9.64 Å². The molecule has 3 aromatic rings. The number of amides is 1. The highest BCUT2D eigenvalue weighted by atomic mass is 35.5. The summed E-state index contributed by atoms with van der Waals surface area (Å²) in [6, 6.07) is 5.29.